The summed E-state index contributed by atoms with van der Waals surface area (Å²) in [5, 5.41) is 9.83. The van der Waals surface area contributed by atoms with Crippen molar-refractivity contribution in [1.29, 1.82) is 0 Å². The van der Waals surface area contributed by atoms with Gasteiger partial charge in [-0.15, -0.1) is 11.8 Å². The highest BCUT2D eigenvalue weighted by Gasteiger charge is 2.15. The molecule has 29 heavy (non-hydrogen) atoms. The number of benzene rings is 2. The number of amides is 2. The van der Waals surface area contributed by atoms with E-state index in [1.54, 1.807) is 66.1 Å². The normalized spacial score (nSPS) is 11.7. The molecule has 6 nitrogen and oxygen atoms in total. The van der Waals surface area contributed by atoms with Gasteiger partial charge in [0.15, 0.2) is 0 Å². The maximum atomic E-state index is 12.4. The number of carbonyl (C=O) groups is 2. The van der Waals surface area contributed by atoms with Crippen LogP contribution in [0, 0.1) is 6.92 Å². The first kappa shape index (κ1) is 20.7. The van der Waals surface area contributed by atoms with E-state index < -0.39 is 6.04 Å². The number of aromatic nitrogens is 2. The van der Waals surface area contributed by atoms with Crippen LogP contribution in [0.25, 0.3) is 0 Å². The van der Waals surface area contributed by atoms with E-state index in [9.17, 15) is 9.59 Å². The van der Waals surface area contributed by atoms with Crippen molar-refractivity contribution >= 4 is 35.0 Å². The molecule has 7 heteroatoms. The Morgan fingerprint density at radius 1 is 1.07 bits per heavy atom. The zero-order chi connectivity index (χ0) is 20.6. The molecule has 0 aliphatic heterocycles. The lowest BCUT2D eigenvalue weighted by molar-refractivity contribution is -0.119. The van der Waals surface area contributed by atoms with Crippen molar-refractivity contribution in [3.05, 3.63) is 78.1 Å². The molecule has 1 heterocycles. The summed E-state index contributed by atoms with van der Waals surface area (Å²) in [6, 6.07) is 16.8. The minimum absolute atomic E-state index is 0.0731. The Balaban J connectivity index is 1.50. The number of rotatable bonds is 8. The van der Waals surface area contributed by atoms with Crippen LogP contribution in [-0.4, -0.2) is 27.3 Å². The van der Waals surface area contributed by atoms with Crippen molar-refractivity contribution < 1.29 is 9.59 Å². The first-order valence-electron chi connectivity index (χ1n) is 9.34. The number of aryl methyl sites for hydroxylation is 1. The largest absolute Gasteiger partial charge is 0.325 e. The van der Waals surface area contributed by atoms with Gasteiger partial charge in [0, 0.05) is 29.5 Å². The third-order valence-corrected chi connectivity index (χ3v) is 5.30. The molecule has 2 aromatic carbocycles. The van der Waals surface area contributed by atoms with Crippen LogP contribution in [0.1, 0.15) is 24.1 Å². The summed E-state index contributed by atoms with van der Waals surface area (Å²) in [4.78, 5) is 24.6. The van der Waals surface area contributed by atoms with E-state index in [0.717, 1.165) is 5.75 Å². The number of thioether (sulfide) groups is 1. The van der Waals surface area contributed by atoms with Crippen LogP contribution in [0.3, 0.4) is 0 Å². The average molecular weight is 409 g/mol. The van der Waals surface area contributed by atoms with Crippen LogP contribution >= 0.6 is 11.8 Å². The maximum absolute atomic E-state index is 12.4. The van der Waals surface area contributed by atoms with E-state index >= 15 is 0 Å². The number of nitrogens with one attached hydrogen (secondary N) is 2. The number of carbonyl (C=O) groups excluding carboxylic acids is 2. The third kappa shape index (κ3) is 6.22. The highest BCUT2D eigenvalue weighted by Crippen LogP contribution is 2.18. The molecule has 3 aromatic rings. The minimum atomic E-state index is -0.429. The SMILES string of the molecule is Cc1cccc(CSCC(=O)Nc2cccc(NC(=O)C(C)n3cccn3)c2)c1. The van der Waals surface area contributed by atoms with E-state index in [-0.39, 0.29) is 11.8 Å². The van der Waals surface area contributed by atoms with Crippen LogP contribution in [0.5, 0.6) is 0 Å². The van der Waals surface area contributed by atoms with Gasteiger partial charge in [-0.1, -0.05) is 35.9 Å². The lowest BCUT2D eigenvalue weighted by Crippen LogP contribution is -2.24. The van der Waals surface area contributed by atoms with Gasteiger partial charge < -0.3 is 10.6 Å². The summed E-state index contributed by atoms with van der Waals surface area (Å²) in [6.45, 7) is 3.84. The van der Waals surface area contributed by atoms with Gasteiger partial charge in [-0.3, -0.25) is 14.3 Å². The van der Waals surface area contributed by atoms with E-state index in [1.165, 1.54) is 11.1 Å². The monoisotopic (exact) mass is 408 g/mol. The molecule has 3 rings (SSSR count). The lowest BCUT2D eigenvalue weighted by Gasteiger charge is -2.13. The Morgan fingerprint density at radius 3 is 2.55 bits per heavy atom. The zero-order valence-electron chi connectivity index (χ0n) is 16.5. The van der Waals surface area contributed by atoms with Crippen molar-refractivity contribution in [2.24, 2.45) is 0 Å². The molecule has 2 N–H and O–H groups in total. The summed E-state index contributed by atoms with van der Waals surface area (Å²) < 4.78 is 1.59. The average Bonchev–Trinajstić information content (AvgIpc) is 3.22. The van der Waals surface area contributed by atoms with Crippen LogP contribution < -0.4 is 10.6 Å². The highest BCUT2D eigenvalue weighted by molar-refractivity contribution is 7.99. The van der Waals surface area contributed by atoms with Crippen molar-refractivity contribution in [2.45, 2.75) is 25.6 Å². The second kappa shape index (κ2) is 9.93. The number of anilines is 2. The summed E-state index contributed by atoms with van der Waals surface area (Å²) in [5.74, 6) is 0.902. The summed E-state index contributed by atoms with van der Waals surface area (Å²) in [6.07, 6.45) is 3.38. The Kier molecular flexibility index (Phi) is 7.08. The Hall–Kier alpha value is -3.06. The fraction of sp³-hybridized carbons (Fsp3) is 0.227. The molecule has 1 atom stereocenters. The number of hydrogen-bond donors (Lipinski definition) is 2. The van der Waals surface area contributed by atoms with Crippen molar-refractivity contribution in [3.63, 3.8) is 0 Å². The minimum Gasteiger partial charge on any atom is -0.325 e. The Morgan fingerprint density at radius 2 is 1.83 bits per heavy atom. The van der Waals surface area contributed by atoms with E-state index in [1.807, 2.05) is 6.07 Å². The molecule has 0 radical (unpaired) electrons. The van der Waals surface area contributed by atoms with Gasteiger partial charge in [0.25, 0.3) is 0 Å². The highest BCUT2D eigenvalue weighted by atomic mass is 32.2. The first-order chi connectivity index (χ1) is 14.0. The van der Waals surface area contributed by atoms with Gasteiger partial charge in [-0.05, 0) is 43.7 Å². The fourth-order valence-corrected chi connectivity index (χ4v) is 3.59. The topological polar surface area (TPSA) is 76.0 Å². The van der Waals surface area contributed by atoms with Gasteiger partial charge >= 0.3 is 0 Å². The predicted octanol–water partition coefficient (Wildman–Crippen LogP) is 4.26. The standard InChI is InChI=1S/C22H24N4O2S/c1-16-6-3-7-18(12-16)14-29-15-21(27)24-19-8-4-9-20(13-19)25-22(28)17(2)26-11-5-10-23-26/h3-13,17H,14-15H2,1-2H3,(H,24,27)(H,25,28). The van der Waals surface area contributed by atoms with Crippen LogP contribution in [-0.2, 0) is 15.3 Å². The fourth-order valence-electron chi connectivity index (χ4n) is 2.81. The molecule has 0 saturated heterocycles. The van der Waals surface area contributed by atoms with Crippen molar-refractivity contribution in [2.75, 3.05) is 16.4 Å². The molecule has 150 valence electrons. The van der Waals surface area contributed by atoms with Crippen LogP contribution in [0.15, 0.2) is 67.0 Å². The molecule has 0 saturated carbocycles. The zero-order valence-corrected chi connectivity index (χ0v) is 17.3. The van der Waals surface area contributed by atoms with Crippen LogP contribution in [0.2, 0.25) is 0 Å². The van der Waals surface area contributed by atoms with Gasteiger partial charge in [0.2, 0.25) is 11.8 Å². The molecule has 0 spiro atoms. The molecule has 1 unspecified atom stereocenters. The molecule has 1 aromatic heterocycles. The lowest BCUT2D eigenvalue weighted by atomic mass is 10.2. The van der Waals surface area contributed by atoms with Crippen LogP contribution in [0.4, 0.5) is 11.4 Å². The number of nitrogens with zero attached hydrogens (tertiary/aromatic N) is 2. The first-order valence-corrected chi connectivity index (χ1v) is 10.5. The molecule has 2 amide bonds. The molecule has 0 aliphatic rings. The molecular formula is C22H24N4O2S. The predicted molar refractivity (Wildman–Crippen MR) is 118 cm³/mol. The summed E-state index contributed by atoms with van der Waals surface area (Å²) in [7, 11) is 0. The quantitative estimate of drug-likeness (QED) is 0.584. The van der Waals surface area contributed by atoms with E-state index in [0.29, 0.717) is 17.1 Å². The summed E-state index contributed by atoms with van der Waals surface area (Å²) >= 11 is 1.57. The second-order valence-electron chi connectivity index (χ2n) is 6.76. The van der Waals surface area contributed by atoms with Crippen molar-refractivity contribution in [3.8, 4) is 0 Å². The Bertz CT molecular complexity index is 972. The van der Waals surface area contributed by atoms with E-state index in [4.69, 9.17) is 0 Å². The Labute approximate surface area is 174 Å². The second-order valence-corrected chi connectivity index (χ2v) is 7.75. The smallest absolute Gasteiger partial charge is 0.248 e. The summed E-state index contributed by atoms with van der Waals surface area (Å²) in [5.41, 5.74) is 3.70. The molecule has 0 aliphatic carbocycles. The number of hydrogen-bond acceptors (Lipinski definition) is 4. The van der Waals surface area contributed by atoms with Gasteiger partial charge in [-0.2, -0.15) is 5.10 Å². The van der Waals surface area contributed by atoms with Gasteiger partial charge in [0.1, 0.15) is 6.04 Å². The molecule has 0 bridgehead atoms. The molecular weight excluding hydrogens is 384 g/mol. The van der Waals surface area contributed by atoms with Gasteiger partial charge in [0.05, 0.1) is 5.75 Å². The van der Waals surface area contributed by atoms with Gasteiger partial charge in [-0.25, -0.2) is 0 Å². The third-order valence-electron chi connectivity index (χ3n) is 4.30. The molecule has 0 fully saturated rings. The maximum Gasteiger partial charge on any atom is 0.248 e. The van der Waals surface area contributed by atoms with Crippen molar-refractivity contribution in [1.82, 2.24) is 9.78 Å². The van der Waals surface area contributed by atoms with E-state index in [2.05, 4.69) is 40.9 Å².